The van der Waals surface area contributed by atoms with Crippen molar-refractivity contribution >= 4 is 0 Å². The van der Waals surface area contributed by atoms with Gasteiger partial charge in [0, 0.05) is 18.2 Å². The maximum atomic E-state index is 5.58. The molecule has 4 nitrogen and oxygen atoms in total. The van der Waals surface area contributed by atoms with Crippen LogP contribution in [0.1, 0.15) is 44.1 Å². The first-order valence-electron chi connectivity index (χ1n) is 9.48. The highest BCUT2D eigenvalue weighted by Gasteiger charge is 2.25. The van der Waals surface area contributed by atoms with Crippen molar-refractivity contribution in [2.75, 3.05) is 40.4 Å². The predicted molar refractivity (Wildman–Crippen MR) is 97.9 cm³/mol. The minimum atomic E-state index is 0.798. The van der Waals surface area contributed by atoms with E-state index in [1.54, 1.807) is 14.2 Å². The monoisotopic (exact) mass is 332 g/mol. The second-order valence-electron chi connectivity index (χ2n) is 7.11. The van der Waals surface area contributed by atoms with Crippen molar-refractivity contribution in [2.24, 2.45) is 0 Å². The Kier molecular flexibility index (Phi) is 6.38. The summed E-state index contributed by atoms with van der Waals surface area (Å²) in [7, 11) is 3.43. The van der Waals surface area contributed by atoms with E-state index in [0.29, 0.717) is 0 Å². The molecule has 2 aliphatic rings. The number of rotatable bonds is 5. The van der Waals surface area contributed by atoms with Gasteiger partial charge in [0.1, 0.15) is 0 Å². The molecule has 1 aromatic rings. The van der Waals surface area contributed by atoms with E-state index in [9.17, 15) is 0 Å². The van der Waals surface area contributed by atoms with Crippen LogP contribution in [0.5, 0.6) is 11.5 Å². The quantitative estimate of drug-likeness (QED) is 0.823. The third kappa shape index (κ3) is 4.22. The number of likely N-dealkylation sites (tertiary alicyclic amines) is 2. The molecule has 2 saturated heterocycles. The van der Waals surface area contributed by atoms with Crippen LogP contribution in [0.15, 0.2) is 18.2 Å². The summed E-state index contributed by atoms with van der Waals surface area (Å²) >= 11 is 0. The van der Waals surface area contributed by atoms with Gasteiger partial charge in [0.05, 0.1) is 14.2 Å². The first kappa shape index (κ1) is 17.6. The summed E-state index contributed by atoms with van der Waals surface area (Å²) < 4.78 is 11.0. The molecule has 2 heterocycles. The van der Waals surface area contributed by atoms with Crippen LogP contribution in [0.25, 0.3) is 0 Å². The fourth-order valence-corrected chi connectivity index (χ4v) is 4.22. The van der Waals surface area contributed by atoms with Gasteiger partial charge in [0.15, 0.2) is 11.5 Å². The predicted octanol–water partition coefficient (Wildman–Crippen LogP) is 3.54. The third-order valence-corrected chi connectivity index (χ3v) is 5.59. The number of para-hydroxylation sites is 1. The average Bonchev–Trinajstić information content (AvgIpc) is 2.91. The summed E-state index contributed by atoms with van der Waals surface area (Å²) in [4.78, 5) is 5.32. The Balaban J connectivity index is 1.55. The molecule has 134 valence electrons. The van der Waals surface area contributed by atoms with Crippen molar-refractivity contribution in [1.29, 1.82) is 0 Å². The van der Waals surface area contributed by atoms with E-state index in [1.165, 1.54) is 70.3 Å². The highest BCUT2D eigenvalue weighted by molar-refractivity contribution is 5.46. The van der Waals surface area contributed by atoms with Gasteiger partial charge in [0.25, 0.3) is 0 Å². The molecule has 0 radical (unpaired) electrons. The first-order valence-corrected chi connectivity index (χ1v) is 9.48. The Morgan fingerprint density at radius 3 is 2.25 bits per heavy atom. The summed E-state index contributed by atoms with van der Waals surface area (Å²) in [5.41, 5.74) is 1.23. The highest BCUT2D eigenvalue weighted by atomic mass is 16.5. The van der Waals surface area contributed by atoms with Gasteiger partial charge in [-0.05, 0) is 57.9 Å². The summed E-state index contributed by atoms with van der Waals surface area (Å²) in [5, 5.41) is 0. The van der Waals surface area contributed by atoms with Crippen LogP contribution >= 0.6 is 0 Å². The van der Waals surface area contributed by atoms with Crippen LogP contribution in [-0.2, 0) is 6.54 Å². The minimum absolute atomic E-state index is 0.798. The average molecular weight is 332 g/mol. The van der Waals surface area contributed by atoms with Gasteiger partial charge >= 0.3 is 0 Å². The highest BCUT2D eigenvalue weighted by Crippen LogP contribution is 2.32. The van der Waals surface area contributed by atoms with Crippen LogP contribution in [-0.4, -0.2) is 56.2 Å². The molecule has 0 saturated carbocycles. The molecule has 0 aliphatic carbocycles. The van der Waals surface area contributed by atoms with Crippen molar-refractivity contribution < 1.29 is 9.47 Å². The Labute approximate surface area is 146 Å². The lowest BCUT2D eigenvalue weighted by atomic mass is 10.0. The standard InChI is InChI=1S/C20H32N2O2/c1-23-19-9-7-8-17(20(19)24-2)16-21-14-10-18(11-15-21)22-12-5-3-4-6-13-22/h7-9,18H,3-6,10-16H2,1-2H3. The van der Waals surface area contributed by atoms with Gasteiger partial charge in [-0.15, -0.1) is 0 Å². The minimum Gasteiger partial charge on any atom is -0.493 e. The van der Waals surface area contributed by atoms with Crippen LogP contribution in [0.3, 0.4) is 0 Å². The largest absolute Gasteiger partial charge is 0.493 e. The molecule has 0 spiro atoms. The van der Waals surface area contributed by atoms with Crippen molar-refractivity contribution in [3.63, 3.8) is 0 Å². The second kappa shape index (κ2) is 8.72. The summed E-state index contributed by atoms with van der Waals surface area (Å²) in [6, 6.07) is 6.98. The number of piperidine rings is 1. The fourth-order valence-electron chi connectivity index (χ4n) is 4.22. The fraction of sp³-hybridized carbons (Fsp3) is 0.700. The molecular weight excluding hydrogens is 300 g/mol. The zero-order chi connectivity index (χ0) is 16.8. The van der Waals surface area contributed by atoms with E-state index in [1.807, 2.05) is 6.07 Å². The van der Waals surface area contributed by atoms with E-state index >= 15 is 0 Å². The van der Waals surface area contributed by atoms with Crippen LogP contribution in [0.2, 0.25) is 0 Å². The Bertz CT molecular complexity index is 504. The zero-order valence-corrected chi connectivity index (χ0v) is 15.3. The van der Waals surface area contributed by atoms with Gasteiger partial charge < -0.3 is 14.4 Å². The lowest BCUT2D eigenvalue weighted by molar-refractivity contribution is 0.107. The van der Waals surface area contributed by atoms with E-state index in [-0.39, 0.29) is 0 Å². The Hall–Kier alpha value is -1.26. The normalized spacial score (nSPS) is 21.4. The Morgan fingerprint density at radius 1 is 0.917 bits per heavy atom. The number of nitrogens with zero attached hydrogens (tertiary/aromatic N) is 2. The molecule has 0 aromatic heterocycles. The third-order valence-electron chi connectivity index (χ3n) is 5.59. The van der Waals surface area contributed by atoms with Crippen LogP contribution in [0, 0.1) is 0 Å². The maximum Gasteiger partial charge on any atom is 0.165 e. The first-order chi connectivity index (χ1) is 11.8. The molecule has 2 aliphatic heterocycles. The molecule has 0 N–H and O–H groups in total. The van der Waals surface area contributed by atoms with E-state index in [4.69, 9.17) is 9.47 Å². The van der Waals surface area contributed by atoms with E-state index in [2.05, 4.69) is 21.9 Å². The van der Waals surface area contributed by atoms with Gasteiger partial charge in [-0.2, -0.15) is 0 Å². The summed E-state index contributed by atoms with van der Waals surface area (Å²) in [6.07, 6.45) is 8.22. The van der Waals surface area contributed by atoms with Crippen LogP contribution < -0.4 is 9.47 Å². The van der Waals surface area contributed by atoms with Gasteiger partial charge in [0.2, 0.25) is 0 Å². The second-order valence-corrected chi connectivity index (χ2v) is 7.11. The maximum absolute atomic E-state index is 5.58. The van der Waals surface area contributed by atoms with Crippen molar-refractivity contribution in [3.05, 3.63) is 23.8 Å². The molecular formula is C20H32N2O2. The van der Waals surface area contributed by atoms with Crippen molar-refractivity contribution in [2.45, 2.75) is 51.1 Å². The molecule has 0 bridgehead atoms. The zero-order valence-electron chi connectivity index (χ0n) is 15.3. The molecule has 0 amide bonds. The molecule has 2 fully saturated rings. The SMILES string of the molecule is COc1cccc(CN2CCC(N3CCCCCC3)CC2)c1OC. The topological polar surface area (TPSA) is 24.9 Å². The van der Waals surface area contributed by atoms with Crippen LogP contribution in [0.4, 0.5) is 0 Å². The van der Waals surface area contributed by atoms with Gasteiger partial charge in [-0.1, -0.05) is 25.0 Å². The number of benzene rings is 1. The number of hydrogen-bond donors (Lipinski definition) is 0. The van der Waals surface area contributed by atoms with Gasteiger partial charge in [-0.3, -0.25) is 4.90 Å². The van der Waals surface area contributed by atoms with Crippen molar-refractivity contribution in [1.82, 2.24) is 9.80 Å². The van der Waals surface area contributed by atoms with E-state index < -0.39 is 0 Å². The number of ether oxygens (including phenoxy) is 2. The lowest BCUT2D eigenvalue weighted by Crippen LogP contribution is -2.45. The molecule has 3 rings (SSSR count). The van der Waals surface area contributed by atoms with Gasteiger partial charge in [-0.25, -0.2) is 0 Å². The summed E-state index contributed by atoms with van der Waals surface area (Å²) in [6.45, 7) is 5.94. The molecule has 0 atom stereocenters. The molecule has 24 heavy (non-hydrogen) atoms. The number of methoxy groups -OCH3 is 2. The molecule has 1 aromatic carbocycles. The van der Waals surface area contributed by atoms with Crippen molar-refractivity contribution in [3.8, 4) is 11.5 Å². The number of hydrogen-bond acceptors (Lipinski definition) is 4. The Morgan fingerprint density at radius 2 is 1.62 bits per heavy atom. The molecule has 0 unspecified atom stereocenters. The molecule has 4 heteroatoms. The van der Waals surface area contributed by atoms with E-state index in [0.717, 1.165) is 24.1 Å². The lowest BCUT2D eigenvalue weighted by Gasteiger charge is -2.38. The smallest absolute Gasteiger partial charge is 0.165 e. The summed E-state index contributed by atoms with van der Waals surface area (Å²) in [5.74, 6) is 1.71.